The summed E-state index contributed by atoms with van der Waals surface area (Å²) in [5, 5.41) is 9.12. The lowest BCUT2D eigenvalue weighted by atomic mass is 10.2. The maximum absolute atomic E-state index is 12.8. The number of carbonyl (C=O) groups excluding carboxylic acids is 1. The topological polar surface area (TPSA) is 81.4 Å². The first kappa shape index (κ1) is 16.1. The molecular weight excluding hydrogens is 316 g/mol. The van der Waals surface area contributed by atoms with Crippen molar-refractivity contribution >= 4 is 17.2 Å². The van der Waals surface area contributed by atoms with Crippen molar-refractivity contribution in [2.45, 2.75) is 39.2 Å². The summed E-state index contributed by atoms with van der Waals surface area (Å²) in [5.74, 6) is 1.10. The second kappa shape index (κ2) is 6.76. The van der Waals surface area contributed by atoms with Gasteiger partial charge >= 0.3 is 0 Å². The molecule has 0 unspecified atom stereocenters. The molecule has 3 rings (SSSR count). The molecule has 2 aromatic heterocycles. The molecule has 0 radical (unpaired) electrons. The van der Waals surface area contributed by atoms with Crippen molar-refractivity contribution in [1.29, 1.82) is 0 Å². The highest BCUT2D eigenvalue weighted by Crippen LogP contribution is 2.28. The smallest absolute Gasteiger partial charge is 0.266 e. The average Bonchev–Trinajstić information content (AvgIpc) is 3.23. The van der Waals surface area contributed by atoms with Gasteiger partial charge in [-0.2, -0.15) is 0 Å². The average molecular weight is 336 g/mol. The van der Waals surface area contributed by atoms with E-state index < -0.39 is 0 Å². The summed E-state index contributed by atoms with van der Waals surface area (Å²) >= 11 is 1.43. The Kier molecular flexibility index (Phi) is 4.72. The minimum Gasteiger partial charge on any atom is -0.423 e. The minimum atomic E-state index is -0.344. The number of aromatic nitrogens is 3. The van der Waals surface area contributed by atoms with Crippen molar-refractivity contribution in [2.24, 2.45) is 0 Å². The summed E-state index contributed by atoms with van der Waals surface area (Å²) in [6.07, 6.45) is 2.47. The summed E-state index contributed by atoms with van der Waals surface area (Å²) in [4.78, 5) is 19.4. The van der Waals surface area contributed by atoms with Crippen molar-refractivity contribution in [2.75, 3.05) is 19.8 Å². The van der Waals surface area contributed by atoms with Crippen molar-refractivity contribution in [1.82, 2.24) is 20.1 Å². The van der Waals surface area contributed by atoms with Gasteiger partial charge in [-0.1, -0.05) is 20.8 Å². The Morgan fingerprint density at radius 1 is 1.48 bits per heavy atom. The molecule has 0 spiro atoms. The van der Waals surface area contributed by atoms with Crippen LogP contribution in [-0.2, 0) is 11.2 Å². The molecule has 7 nitrogen and oxygen atoms in total. The van der Waals surface area contributed by atoms with E-state index in [1.165, 1.54) is 11.3 Å². The molecule has 1 fully saturated rings. The van der Waals surface area contributed by atoms with E-state index in [1.54, 1.807) is 11.1 Å². The Morgan fingerprint density at radius 3 is 2.96 bits per heavy atom. The molecule has 0 bridgehead atoms. The maximum Gasteiger partial charge on any atom is 0.266 e. The van der Waals surface area contributed by atoms with Gasteiger partial charge in [-0.15, -0.1) is 21.5 Å². The molecule has 2 aromatic rings. The molecule has 1 aliphatic rings. The van der Waals surface area contributed by atoms with E-state index in [0.717, 1.165) is 11.4 Å². The van der Waals surface area contributed by atoms with E-state index in [-0.39, 0.29) is 17.9 Å². The highest BCUT2D eigenvalue weighted by atomic mass is 32.1. The second-order valence-corrected chi connectivity index (χ2v) is 6.81. The van der Waals surface area contributed by atoms with Crippen LogP contribution in [0.25, 0.3) is 0 Å². The molecule has 23 heavy (non-hydrogen) atoms. The van der Waals surface area contributed by atoms with E-state index in [0.29, 0.717) is 36.4 Å². The van der Waals surface area contributed by atoms with Crippen LogP contribution in [-0.4, -0.2) is 45.7 Å². The Hall–Kier alpha value is -1.80. The zero-order chi connectivity index (χ0) is 16.4. The lowest BCUT2D eigenvalue weighted by Gasteiger charge is -2.33. The summed E-state index contributed by atoms with van der Waals surface area (Å²) in [5.41, 5.74) is 0. The van der Waals surface area contributed by atoms with Crippen molar-refractivity contribution < 1.29 is 13.9 Å². The first-order valence-corrected chi connectivity index (χ1v) is 8.58. The highest BCUT2D eigenvalue weighted by Gasteiger charge is 2.34. The van der Waals surface area contributed by atoms with Crippen LogP contribution in [0.1, 0.15) is 59.2 Å². The molecule has 0 aromatic carbocycles. The summed E-state index contributed by atoms with van der Waals surface area (Å²) in [7, 11) is 0. The predicted molar refractivity (Wildman–Crippen MR) is 84.5 cm³/mol. The number of hydrogen-bond donors (Lipinski definition) is 0. The lowest BCUT2D eigenvalue weighted by Crippen LogP contribution is -2.43. The number of ether oxygens (including phenoxy) is 1. The molecule has 0 N–H and O–H groups in total. The molecule has 1 atom stereocenters. The van der Waals surface area contributed by atoms with Crippen LogP contribution in [0.2, 0.25) is 0 Å². The van der Waals surface area contributed by atoms with Crippen LogP contribution in [0.15, 0.2) is 10.6 Å². The molecule has 1 amide bonds. The fraction of sp³-hybridized carbons (Fsp3) is 0.600. The molecule has 8 heteroatoms. The number of thiazole rings is 1. The largest absolute Gasteiger partial charge is 0.423 e. The number of aryl methyl sites for hydroxylation is 1. The zero-order valence-corrected chi connectivity index (χ0v) is 14.3. The molecule has 1 saturated heterocycles. The predicted octanol–water partition coefficient (Wildman–Crippen LogP) is 2.43. The Morgan fingerprint density at radius 2 is 2.30 bits per heavy atom. The van der Waals surface area contributed by atoms with Crippen LogP contribution in [0.3, 0.4) is 0 Å². The monoisotopic (exact) mass is 336 g/mol. The van der Waals surface area contributed by atoms with Gasteiger partial charge < -0.3 is 14.1 Å². The normalized spacial score (nSPS) is 18.6. The van der Waals surface area contributed by atoms with Crippen LogP contribution in [0.4, 0.5) is 0 Å². The lowest BCUT2D eigenvalue weighted by molar-refractivity contribution is -0.0105. The number of carbonyl (C=O) groups is 1. The quantitative estimate of drug-likeness (QED) is 0.853. The van der Waals surface area contributed by atoms with E-state index in [4.69, 9.17) is 9.15 Å². The summed E-state index contributed by atoms with van der Waals surface area (Å²) < 4.78 is 11.2. The molecule has 0 saturated carbocycles. The van der Waals surface area contributed by atoms with Crippen LogP contribution < -0.4 is 0 Å². The molecule has 0 aliphatic carbocycles. The third kappa shape index (κ3) is 3.28. The van der Waals surface area contributed by atoms with Crippen molar-refractivity contribution in [3.8, 4) is 0 Å². The van der Waals surface area contributed by atoms with Gasteiger partial charge in [0.2, 0.25) is 11.8 Å². The Bertz CT molecular complexity index is 682. The second-order valence-electron chi connectivity index (χ2n) is 5.69. The summed E-state index contributed by atoms with van der Waals surface area (Å²) in [6, 6.07) is -0.344. The summed E-state index contributed by atoms with van der Waals surface area (Å²) in [6.45, 7) is 7.37. The first-order chi connectivity index (χ1) is 11.1. The van der Waals surface area contributed by atoms with Gasteiger partial charge in [-0.25, -0.2) is 4.98 Å². The molecule has 1 aliphatic heterocycles. The third-order valence-corrected chi connectivity index (χ3v) is 4.82. The highest BCUT2D eigenvalue weighted by molar-refractivity contribution is 7.13. The maximum atomic E-state index is 12.8. The van der Waals surface area contributed by atoms with Gasteiger partial charge in [-0.05, 0) is 6.42 Å². The van der Waals surface area contributed by atoms with Gasteiger partial charge in [0.05, 0.1) is 24.4 Å². The van der Waals surface area contributed by atoms with Crippen LogP contribution in [0.5, 0.6) is 0 Å². The van der Waals surface area contributed by atoms with E-state index >= 15 is 0 Å². The van der Waals surface area contributed by atoms with Gasteiger partial charge in [0.1, 0.15) is 10.9 Å². The fourth-order valence-corrected chi connectivity index (χ4v) is 3.19. The number of rotatable bonds is 4. The number of hydrogen-bond acceptors (Lipinski definition) is 7. The number of nitrogens with zero attached hydrogens (tertiary/aromatic N) is 4. The van der Waals surface area contributed by atoms with Gasteiger partial charge in [-0.3, -0.25) is 4.79 Å². The van der Waals surface area contributed by atoms with Crippen LogP contribution in [0, 0.1) is 0 Å². The van der Waals surface area contributed by atoms with Gasteiger partial charge in [0.15, 0.2) is 0 Å². The van der Waals surface area contributed by atoms with Gasteiger partial charge in [0.25, 0.3) is 5.91 Å². The van der Waals surface area contributed by atoms with E-state index in [2.05, 4.69) is 15.2 Å². The van der Waals surface area contributed by atoms with Crippen LogP contribution >= 0.6 is 11.3 Å². The minimum absolute atomic E-state index is 0.0557. The van der Waals surface area contributed by atoms with Crippen molar-refractivity contribution in [3.63, 3.8) is 0 Å². The van der Waals surface area contributed by atoms with E-state index in [9.17, 15) is 4.79 Å². The number of morpholine rings is 1. The molecular formula is C15H20N4O3S. The van der Waals surface area contributed by atoms with Gasteiger partial charge in [0, 0.05) is 12.5 Å². The van der Waals surface area contributed by atoms with Crippen molar-refractivity contribution in [3.05, 3.63) is 27.9 Å². The first-order valence-electron chi connectivity index (χ1n) is 7.76. The Labute approximate surface area is 138 Å². The number of amides is 1. The fourth-order valence-electron chi connectivity index (χ4n) is 2.38. The standard InChI is InChI=1S/C15H20N4O3S/c1-4-12-16-7-11(23-12)15(20)19-5-6-21-8-10(19)14-18-17-13(22-14)9(2)3/h7,9-10H,4-6,8H2,1-3H3/t10-/m0/s1. The third-order valence-electron chi connectivity index (χ3n) is 3.69. The Balaban J connectivity index is 1.84. The molecule has 3 heterocycles. The zero-order valence-electron chi connectivity index (χ0n) is 13.5. The van der Waals surface area contributed by atoms with E-state index in [1.807, 2.05) is 20.8 Å². The SMILES string of the molecule is CCc1ncc(C(=O)N2CCOC[C@H]2c2nnc(C(C)C)o2)s1. The molecule has 124 valence electrons.